The first-order valence-electron chi connectivity index (χ1n) is 6.03. The van der Waals surface area contributed by atoms with Crippen LogP contribution in [0.2, 0.25) is 0 Å². The van der Waals surface area contributed by atoms with Crippen molar-refractivity contribution in [3.63, 3.8) is 0 Å². The van der Waals surface area contributed by atoms with Gasteiger partial charge in [0, 0.05) is 11.1 Å². The zero-order valence-corrected chi connectivity index (χ0v) is 11.4. The van der Waals surface area contributed by atoms with Crippen LogP contribution in [0.4, 0.5) is 0 Å². The Morgan fingerprint density at radius 1 is 0.789 bits per heavy atom. The third-order valence-corrected chi connectivity index (χ3v) is 2.87. The highest BCUT2D eigenvalue weighted by molar-refractivity contribution is 5.49. The van der Waals surface area contributed by atoms with Crippen molar-refractivity contribution in [1.82, 2.24) is 0 Å². The summed E-state index contributed by atoms with van der Waals surface area (Å²) in [6.45, 7) is 2.03. The summed E-state index contributed by atoms with van der Waals surface area (Å²) in [5.74, 6) is 8.01. The van der Waals surface area contributed by atoms with Gasteiger partial charge in [0.1, 0.15) is 11.5 Å². The van der Waals surface area contributed by atoms with E-state index in [9.17, 15) is 0 Å². The molecule has 2 nitrogen and oxygen atoms in total. The highest BCUT2D eigenvalue weighted by atomic mass is 16.5. The van der Waals surface area contributed by atoms with E-state index < -0.39 is 0 Å². The van der Waals surface area contributed by atoms with Crippen molar-refractivity contribution in [2.45, 2.75) is 6.92 Å². The smallest absolute Gasteiger partial charge is 0.119 e. The van der Waals surface area contributed by atoms with E-state index in [4.69, 9.17) is 9.47 Å². The molecule has 2 aromatic carbocycles. The first-order valence-corrected chi connectivity index (χ1v) is 6.03. The van der Waals surface area contributed by atoms with E-state index in [0.717, 1.165) is 28.2 Å². The van der Waals surface area contributed by atoms with Crippen molar-refractivity contribution in [3.8, 4) is 23.3 Å². The molecule has 0 fully saturated rings. The predicted octanol–water partition coefficient (Wildman–Crippen LogP) is 3.41. The molecule has 96 valence electrons. The molecule has 2 aromatic rings. The summed E-state index contributed by atoms with van der Waals surface area (Å²) in [6, 6.07) is 13.6. The molecule has 0 aliphatic heterocycles. The van der Waals surface area contributed by atoms with Gasteiger partial charge in [0.05, 0.1) is 14.2 Å². The van der Waals surface area contributed by atoms with Crippen LogP contribution in [-0.4, -0.2) is 14.2 Å². The summed E-state index contributed by atoms with van der Waals surface area (Å²) in [5, 5.41) is 0. The maximum atomic E-state index is 5.18. The van der Waals surface area contributed by atoms with Gasteiger partial charge < -0.3 is 9.47 Å². The molecule has 0 saturated heterocycles. The van der Waals surface area contributed by atoms with Gasteiger partial charge in [0.15, 0.2) is 0 Å². The summed E-state index contributed by atoms with van der Waals surface area (Å²) < 4.78 is 10.3. The lowest BCUT2D eigenvalue weighted by Gasteiger charge is -2.02. The second kappa shape index (κ2) is 5.97. The molecule has 0 saturated carbocycles. The summed E-state index contributed by atoms with van der Waals surface area (Å²) >= 11 is 0. The number of hydrogen-bond acceptors (Lipinski definition) is 2. The van der Waals surface area contributed by atoms with Crippen LogP contribution >= 0.6 is 0 Å². The first kappa shape index (κ1) is 13.0. The minimum Gasteiger partial charge on any atom is -0.497 e. The molecular formula is C17H16O2. The largest absolute Gasteiger partial charge is 0.497 e. The van der Waals surface area contributed by atoms with Crippen molar-refractivity contribution < 1.29 is 9.47 Å². The zero-order valence-electron chi connectivity index (χ0n) is 11.4. The first-order chi connectivity index (χ1) is 9.22. The molecule has 0 unspecified atom stereocenters. The van der Waals surface area contributed by atoms with Crippen LogP contribution in [-0.2, 0) is 0 Å². The van der Waals surface area contributed by atoms with Crippen LogP contribution in [0.1, 0.15) is 16.7 Å². The van der Waals surface area contributed by atoms with Gasteiger partial charge in [-0.3, -0.25) is 0 Å². The standard InChI is InChI=1S/C17H16O2/c1-13-12-17(19-3)11-8-15(13)7-4-14-5-9-16(18-2)10-6-14/h5-6,8-12H,1-3H3. The monoisotopic (exact) mass is 252 g/mol. The number of hydrogen-bond donors (Lipinski definition) is 0. The Hall–Kier alpha value is -2.40. The lowest BCUT2D eigenvalue weighted by Crippen LogP contribution is -1.87. The van der Waals surface area contributed by atoms with Crippen molar-refractivity contribution in [2.24, 2.45) is 0 Å². The molecule has 0 aliphatic carbocycles. The minimum atomic E-state index is 0.839. The Bertz CT molecular complexity index is 616. The van der Waals surface area contributed by atoms with E-state index in [-0.39, 0.29) is 0 Å². The van der Waals surface area contributed by atoms with E-state index in [0.29, 0.717) is 0 Å². The van der Waals surface area contributed by atoms with Gasteiger partial charge in [0.25, 0.3) is 0 Å². The van der Waals surface area contributed by atoms with Crippen LogP contribution in [0.25, 0.3) is 0 Å². The number of rotatable bonds is 2. The summed E-state index contributed by atoms with van der Waals surface area (Å²) in [5.41, 5.74) is 3.09. The fourth-order valence-electron chi connectivity index (χ4n) is 1.72. The number of ether oxygens (including phenoxy) is 2. The van der Waals surface area contributed by atoms with Gasteiger partial charge in [-0.1, -0.05) is 11.8 Å². The Morgan fingerprint density at radius 3 is 2.00 bits per heavy atom. The van der Waals surface area contributed by atoms with E-state index in [1.54, 1.807) is 14.2 Å². The Kier molecular flexibility index (Phi) is 4.10. The van der Waals surface area contributed by atoms with Crippen LogP contribution in [0.15, 0.2) is 42.5 Å². The molecule has 2 rings (SSSR count). The molecule has 0 aromatic heterocycles. The maximum Gasteiger partial charge on any atom is 0.119 e. The van der Waals surface area contributed by atoms with E-state index in [1.807, 2.05) is 49.4 Å². The molecule has 0 spiro atoms. The molecule has 0 atom stereocenters. The lowest BCUT2D eigenvalue weighted by molar-refractivity contribution is 0.414. The van der Waals surface area contributed by atoms with Gasteiger partial charge in [-0.05, 0) is 55.0 Å². The SMILES string of the molecule is COc1ccc(C#Cc2ccc(OC)cc2C)cc1. The Labute approximate surface area is 114 Å². The van der Waals surface area contributed by atoms with Gasteiger partial charge >= 0.3 is 0 Å². The fraction of sp³-hybridized carbons (Fsp3) is 0.176. The third-order valence-electron chi connectivity index (χ3n) is 2.87. The second-order valence-electron chi connectivity index (χ2n) is 4.16. The highest BCUT2D eigenvalue weighted by Gasteiger charge is 1.97. The number of benzene rings is 2. The topological polar surface area (TPSA) is 18.5 Å². The summed E-state index contributed by atoms with van der Waals surface area (Å²) in [4.78, 5) is 0. The van der Waals surface area contributed by atoms with Crippen LogP contribution < -0.4 is 9.47 Å². The van der Waals surface area contributed by atoms with Crippen LogP contribution in [0.5, 0.6) is 11.5 Å². The van der Waals surface area contributed by atoms with E-state index in [2.05, 4.69) is 11.8 Å². The van der Waals surface area contributed by atoms with E-state index >= 15 is 0 Å². The van der Waals surface area contributed by atoms with Crippen molar-refractivity contribution in [2.75, 3.05) is 14.2 Å². The molecule has 0 heterocycles. The van der Waals surface area contributed by atoms with E-state index in [1.165, 1.54) is 0 Å². The molecule has 0 aliphatic rings. The summed E-state index contributed by atoms with van der Waals surface area (Å²) in [7, 11) is 3.32. The average molecular weight is 252 g/mol. The quantitative estimate of drug-likeness (QED) is 0.762. The Morgan fingerprint density at radius 2 is 1.42 bits per heavy atom. The van der Waals surface area contributed by atoms with Crippen LogP contribution in [0, 0.1) is 18.8 Å². The number of aryl methyl sites for hydroxylation is 1. The maximum absolute atomic E-state index is 5.18. The van der Waals surface area contributed by atoms with Gasteiger partial charge in [0.2, 0.25) is 0 Å². The van der Waals surface area contributed by atoms with Crippen LogP contribution in [0.3, 0.4) is 0 Å². The predicted molar refractivity (Wildman–Crippen MR) is 76.7 cm³/mol. The van der Waals surface area contributed by atoms with Crippen molar-refractivity contribution >= 4 is 0 Å². The Balaban J connectivity index is 2.23. The molecule has 19 heavy (non-hydrogen) atoms. The van der Waals surface area contributed by atoms with Crippen molar-refractivity contribution in [3.05, 3.63) is 59.2 Å². The van der Waals surface area contributed by atoms with Gasteiger partial charge in [-0.15, -0.1) is 0 Å². The van der Waals surface area contributed by atoms with Gasteiger partial charge in [-0.25, -0.2) is 0 Å². The lowest BCUT2D eigenvalue weighted by atomic mass is 10.1. The zero-order chi connectivity index (χ0) is 13.7. The molecule has 0 bridgehead atoms. The fourth-order valence-corrected chi connectivity index (χ4v) is 1.72. The second-order valence-corrected chi connectivity index (χ2v) is 4.16. The minimum absolute atomic E-state index is 0.839. The molecular weight excluding hydrogens is 236 g/mol. The molecule has 0 amide bonds. The third kappa shape index (κ3) is 3.29. The van der Waals surface area contributed by atoms with Crippen molar-refractivity contribution in [1.29, 1.82) is 0 Å². The molecule has 0 radical (unpaired) electrons. The highest BCUT2D eigenvalue weighted by Crippen LogP contribution is 2.16. The normalized spacial score (nSPS) is 9.42. The summed E-state index contributed by atoms with van der Waals surface area (Å²) in [6.07, 6.45) is 0. The molecule has 0 N–H and O–H groups in total. The van der Waals surface area contributed by atoms with Gasteiger partial charge in [-0.2, -0.15) is 0 Å². The number of methoxy groups -OCH3 is 2. The molecule has 2 heteroatoms. The average Bonchev–Trinajstić information content (AvgIpc) is 2.46.